The van der Waals surface area contributed by atoms with Crippen molar-refractivity contribution in [3.8, 4) is 0 Å². The van der Waals surface area contributed by atoms with Gasteiger partial charge in [0.15, 0.2) is 0 Å². The molecule has 1 aromatic heterocycles. The van der Waals surface area contributed by atoms with Crippen LogP contribution in [0.25, 0.3) is 21.8 Å². The highest BCUT2D eigenvalue weighted by atomic mass is 16.2. The van der Waals surface area contributed by atoms with Gasteiger partial charge >= 0.3 is 5.69 Å². The van der Waals surface area contributed by atoms with Gasteiger partial charge in [-0.3, -0.25) is 14.2 Å². The van der Waals surface area contributed by atoms with Crippen molar-refractivity contribution in [2.24, 2.45) is 5.73 Å². The molecule has 0 bridgehead atoms. The number of primary amides is 1. The molecule has 3 N–H and O–H groups in total. The number of nitrogens with one attached hydrogen (secondary N) is 1. The standard InChI is InChI=1S/C26H25N4O3/c27-25(32)23-16-19(30-22-11-4-3-10-21(22)28-26(30)33)14-15-29(23)24(31)13-12-18-8-5-7-17-6-1-2-9-20(17)18/h1-11,13,19,23H,12,14-16H2,(H2,27,32)(H,28,33). The molecule has 1 aliphatic heterocycles. The Kier molecular flexibility index (Phi) is 5.46. The Labute approximate surface area is 190 Å². The molecular weight excluding hydrogens is 416 g/mol. The molecule has 0 aliphatic carbocycles. The number of para-hydroxylation sites is 2. The maximum Gasteiger partial charge on any atom is 0.326 e. The Bertz CT molecular complexity index is 1400. The van der Waals surface area contributed by atoms with Crippen LogP contribution in [0.2, 0.25) is 0 Å². The number of imidazole rings is 1. The Balaban J connectivity index is 1.34. The number of carbonyl (C=O) groups excluding carboxylic acids is 2. The van der Waals surface area contributed by atoms with Gasteiger partial charge in [0.05, 0.1) is 17.5 Å². The number of carbonyl (C=O) groups is 2. The van der Waals surface area contributed by atoms with E-state index in [1.165, 1.54) is 0 Å². The lowest BCUT2D eigenvalue weighted by Gasteiger charge is -2.38. The van der Waals surface area contributed by atoms with Gasteiger partial charge in [-0.25, -0.2) is 4.79 Å². The normalized spacial score (nSPS) is 18.6. The van der Waals surface area contributed by atoms with E-state index in [2.05, 4.69) is 4.98 Å². The van der Waals surface area contributed by atoms with Gasteiger partial charge in [-0.2, -0.15) is 0 Å². The van der Waals surface area contributed by atoms with Crippen LogP contribution in [0, 0.1) is 6.42 Å². The van der Waals surface area contributed by atoms with Gasteiger partial charge in [0.2, 0.25) is 11.8 Å². The SMILES string of the molecule is NC(=O)C1CC(n2c(=O)[nH]c3ccccc32)CCN1C(=O)[CH]Cc1cccc2ccccc12. The van der Waals surface area contributed by atoms with Gasteiger partial charge in [0, 0.05) is 12.6 Å². The van der Waals surface area contributed by atoms with Crippen molar-refractivity contribution in [2.75, 3.05) is 6.54 Å². The van der Waals surface area contributed by atoms with E-state index in [1.54, 1.807) is 15.9 Å². The molecule has 0 spiro atoms. The minimum atomic E-state index is -0.763. The quantitative estimate of drug-likeness (QED) is 0.498. The van der Waals surface area contributed by atoms with E-state index < -0.39 is 11.9 Å². The minimum absolute atomic E-state index is 0.212. The van der Waals surface area contributed by atoms with Crippen molar-refractivity contribution in [3.63, 3.8) is 0 Å². The first-order chi connectivity index (χ1) is 16.0. The highest BCUT2D eigenvalue weighted by Crippen LogP contribution is 2.29. The monoisotopic (exact) mass is 441 g/mol. The third kappa shape index (κ3) is 3.91. The molecule has 1 radical (unpaired) electrons. The molecule has 1 fully saturated rings. The number of aromatic nitrogens is 2. The van der Waals surface area contributed by atoms with Gasteiger partial charge in [-0.1, -0.05) is 54.6 Å². The zero-order chi connectivity index (χ0) is 22.9. The lowest BCUT2D eigenvalue weighted by atomic mass is 9.95. The van der Waals surface area contributed by atoms with E-state index in [0.29, 0.717) is 25.8 Å². The largest absolute Gasteiger partial charge is 0.368 e. The van der Waals surface area contributed by atoms with Crippen molar-refractivity contribution in [2.45, 2.75) is 31.3 Å². The van der Waals surface area contributed by atoms with Crippen LogP contribution in [0.1, 0.15) is 24.4 Å². The summed E-state index contributed by atoms with van der Waals surface area (Å²) in [6, 6.07) is 20.6. The van der Waals surface area contributed by atoms with E-state index in [-0.39, 0.29) is 17.6 Å². The molecule has 1 saturated heterocycles. The fraction of sp³-hybridized carbons (Fsp3) is 0.231. The summed E-state index contributed by atoms with van der Waals surface area (Å²) < 4.78 is 1.69. The lowest BCUT2D eigenvalue weighted by Crippen LogP contribution is -2.53. The van der Waals surface area contributed by atoms with Crippen molar-refractivity contribution in [1.29, 1.82) is 0 Å². The summed E-state index contributed by atoms with van der Waals surface area (Å²) >= 11 is 0. The molecule has 5 rings (SSSR count). The van der Waals surface area contributed by atoms with E-state index in [9.17, 15) is 14.4 Å². The summed E-state index contributed by atoms with van der Waals surface area (Å²) in [4.78, 5) is 42.4. The highest BCUT2D eigenvalue weighted by Gasteiger charge is 2.36. The number of fused-ring (bicyclic) bond motifs is 2. The van der Waals surface area contributed by atoms with Gasteiger partial charge < -0.3 is 15.6 Å². The number of rotatable bonds is 5. The number of nitrogens with zero attached hydrogens (tertiary/aromatic N) is 2. The number of hydrogen-bond donors (Lipinski definition) is 2. The Hall–Kier alpha value is -3.87. The highest BCUT2D eigenvalue weighted by molar-refractivity contribution is 5.92. The first-order valence-electron chi connectivity index (χ1n) is 11.1. The van der Waals surface area contributed by atoms with Crippen molar-refractivity contribution in [3.05, 3.63) is 89.2 Å². The van der Waals surface area contributed by atoms with E-state index in [0.717, 1.165) is 27.4 Å². The van der Waals surface area contributed by atoms with Crippen LogP contribution in [-0.2, 0) is 16.0 Å². The first-order valence-corrected chi connectivity index (χ1v) is 11.1. The molecule has 3 aromatic carbocycles. The molecule has 2 heterocycles. The topological polar surface area (TPSA) is 101 Å². The second-order valence-electron chi connectivity index (χ2n) is 8.49. The van der Waals surface area contributed by atoms with Crippen LogP contribution < -0.4 is 11.4 Å². The lowest BCUT2D eigenvalue weighted by molar-refractivity contribution is -0.139. The molecule has 7 nitrogen and oxygen atoms in total. The molecule has 2 unspecified atom stereocenters. The molecule has 0 saturated carbocycles. The van der Waals surface area contributed by atoms with Crippen molar-refractivity contribution >= 4 is 33.6 Å². The summed E-state index contributed by atoms with van der Waals surface area (Å²) in [7, 11) is 0. The molecule has 4 aromatic rings. The fourth-order valence-corrected chi connectivity index (χ4v) is 4.94. The first kappa shape index (κ1) is 21.0. The predicted octanol–water partition coefficient (Wildman–Crippen LogP) is 2.95. The second-order valence-corrected chi connectivity index (χ2v) is 8.49. The van der Waals surface area contributed by atoms with Crippen LogP contribution in [0.4, 0.5) is 0 Å². The number of amides is 2. The third-order valence-corrected chi connectivity index (χ3v) is 6.55. The van der Waals surface area contributed by atoms with Crippen LogP contribution in [0.3, 0.4) is 0 Å². The minimum Gasteiger partial charge on any atom is -0.368 e. The summed E-state index contributed by atoms with van der Waals surface area (Å²) in [5.41, 5.74) is 8.08. The smallest absolute Gasteiger partial charge is 0.326 e. The van der Waals surface area contributed by atoms with Crippen LogP contribution in [0.15, 0.2) is 71.5 Å². The molecule has 1 aliphatic rings. The molecule has 2 atom stereocenters. The number of benzene rings is 3. The number of likely N-dealkylation sites (tertiary alicyclic amines) is 1. The zero-order valence-electron chi connectivity index (χ0n) is 18.1. The number of hydrogen-bond acceptors (Lipinski definition) is 3. The van der Waals surface area contributed by atoms with E-state index in [1.807, 2.05) is 66.7 Å². The number of aromatic amines is 1. The van der Waals surface area contributed by atoms with Crippen molar-refractivity contribution < 1.29 is 9.59 Å². The maximum atomic E-state index is 13.1. The van der Waals surface area contributed by atoms with Crippen LogP contribution in [0.5, 0.6) is 0 Å². The van der Waals surface area contributed by atoms with Crippen molar-refractivity contribution in [1.82, 2.24) is 14.5 Å². The summed E-state index contributed by atoms with van der Waals surface area (Å²) in [5.74, 6) is -0.768. The average molecular weight is 442 g/mol. The Morgan fingerprint density at radius 2 is 1.79 bits per heavy atom. The van der Waals surface area contributed by atoms with Gasteiger partial charge in [-0.15, -0.1) is 0 Å². The maximum absolute atomic E-state index is 13.1. The van der Waals surface area contributed by atoms with Crippen LogP contribution >= 0.6 is 0 Å². The molecule has 167 valence electrons. The number of H-pyrrole nitrogens is 1. The molecule has 2 amide bonds. The fourth-order valence-electron chi connectivity index (χ4n) is 4.94. The predicted molar refractivity (Wildman–Crippen MR) is 127 cm³/mol. The van der Waals surface area contributed by atoms with Gasteiger partial charge in [0.25, 0.3) is 0 Å². The van der Waals surface area contributed by atoms with E-state index >= 15 is 0 Å². The second kappa shape index (κ2) is 8.58. The van der Waals surface area contributed by atoms with Crippen LogP contribution in [-0.4, -0.2) is 38.9 Å². The summed E-state index contributed by atoms with van der Waals surface area (Å²) in [6.45, 7) is 0.356. The Morgan fingerprint density at radius 3 is 2.64 bits per heavy atom. The summed E-state index contributed by atoms with van der Waals surface area (Å²) in [6.07, 6.45) is 2.97. The average Bonchev–Trinajstić information content (AvgIpc) is 3.17. The number of piperidine rings is 1. The molecule has 7 heteroatoms. The summed E-state index contributed by atoms with van der Waals surface area (Å²) in [5, 5.41) is 2.23. The van der Waals surface area contributed by atoms with Gasteiger partial charge in [0.1, 0.15) is 6.04 Å². The zero-order valence-corrected chi connectivity index (χ0v) is 18.1. The number of nitrogens with two attached hydrogens (primary N) is 1. The Morgan fingerprint density at radius 1 is 1.03 bits per heavy atom. The molecule has 33 heavy (non-hydrogen) atoms. The molecular formula is C26H25N4O3. The third-order valence-electron chi connectivity index (χ3n) is 6.55. The van der Waals surface area contributed by atoms with Gasteiger partial charge in [-0.05, 0) is 47.7 Å². The van der Waals surface area contributed by atoms with E-state index in [4.69, 9.17) is 5.73 Å².